The number of benzene rings is 1. The highest BCUT2D eigenvalue weighted by Crippen LogP contribution is 2.32. The molecule has 3 heterocycles. The lowest BCUT2D eigenvalue weighted by molar-refractivity contribution is -0.116. The van der Waals surface area contributed by atoms with Gasteiger partial charge in [-0.25, -0.2) is 4.98 Å². The van der Waals surface area contributed by atoms with Crippen LogP contribution in [0.15, 0.2) is 46.7 Å². The number of hydrogen-bond acceptors (Lipinski definition) is 5. The summed E-state index contributed by atoms with van der Waals surface area (Å²) in [6.07, 6.45) is 2.63. The number of fused-ring (bicyclic) bond motifs is 2. The van der Waals surface area contributed by atoms with Crippen LogP contribution in [0.2, 0.25) is 0 Å². The standard InChI is InChI=1S/C18H17N3O2S2/c1-12-8-13-4-2-3-5-15(13)21(12)17(23)11-24-10-14-9-16(22)20-6-7-25-18(20)19-14/h2-7,9,12H,8,10-11H2,1H3/t12-/m1/s1. The Morgan fingerprint density at radius 1 is 1.40 bits per heavy atom. The van der Waals surface area contributed by atoms with Gasteiger partial charge in [-0.15, -0.1) is 23.1 Å². The minimum atomic E-state index is -0.0738. The van der Waals surface area contributed by atoms with E-state index in [0.717, 1.165) is 17.8 Å². The van der Waals surface area contributed by atoms with Crippen LogP contribution in [0.3, 0.4) is 0 Å². The molecule has 5 nitrogen and oxygen atoms in total. The molecule has 1 amide bonds. The average Bonchev–Trinajstić information content (AvgIpc) is 3.18. The van der Waals surface area contributed by atoms with E-state index in [1.165, 1.54) is 33.1 Å². The summed E-state index contributed by atoms with van der Waals surface area (Å²) in [4.78, 5) is 31.7. The van der Waals surface area contributed by atoms with Crippen molar-refractivity contribution in [1.82, 2.24) is 9.38 Å². The Hall–Kier alpha value is -2.12. The first-order chi connectivity index (χ1) is 12.1. The molecule has 0 N–H and O–H groups in total. The number of thiazole rings is 1. The zero-order valence-electron chi connectivity index (χ0n) is 13.7. The van der Waals surface area contributed by atoms with Crippen molar-refractivity contribution in [1.29, 1.82) is 0 Å². The van der Waals surface area contributed by atoms with E-state index in [1.54, 1.807) is 12.3 Å². The lowest BCUT2D eigenvalue weighted by Crippen LogP contribution is -2.37. The second kappa shape index (κ2) is 6.65. The van der Waals surface area contributed by atoms with Crippen molar-refractivity contribution < 1.29 is 4.79 Å². The fourth-order valence-electron chi connectivity index (χ4n) is 3.22. The van der Waals surface area contributed by atoms with E-state index in [1.807, 2.05) is 28.5 Å². The molecule has 1 atom stereocenters. The highest BCUT2D eigenvalue weighted by molar-refractivity contribution is 7.99. The van der Waals surface area contributed by atoms with Crippen LogP contribution in [0.25, 0.3) is 4.96 Å². The quantitative estimate of drug-likeness (QED) is 0.708. The van der Waals surface area contributed by atoms with E-state index in [0.29, 0.717) is 16.5 Å². The maximum Gasteiger partial charge on any atom is 0.258 e. The second-order valence-corrected chi connectivity index (χ2v) is 7.94. The van der Waals surface area contributed by atoms with Gasteiger partial charge in [0.05, 0.1) is 11.4 Å². The number of aromatic nitrogens is 2. The van der Waals surface area contributed by atoms with Crippen molar-refractivity contribution in [2.24, 2.45) is 0 Å². The Bertz CT molecular complexity index is 995. The first kappa shape index (κ1) is 16.4. The number of amides is 1. The van der Waals surface area contributed by atoms with Crippen LogP contribution in [-0.4, -0.2) is 27.1 Å². The summed E-state index contributed by atoms with van der Waals surface area (Å²) in [5.74, 6) is 1.04. The van der Waals surface area contributed by atoms with Gasteiger partial charge in [-0.2, -0.15) is 0 Å². The Morgan fingerprint density at radius 3 is 3.12 bits per heavy atom. The van der Waals surface area contributed by atoms with Gasteiger partial charge in [0, 0.05) is 35.1 Å². The molecule has 0 spiro atoms. The third-order valence-electron chi connectivity index (χ3n) is 4.31. The monoisotopic (exact) mass is 371 g/mol. The third-order valence-corrected chi connectivity index (χ3v) is 6.02. The summed E-state index contributed by atoms with van der Waals surface area (Å²) >= 11 is 2.94. The van der Waals surface area contributed by atoms with Crippen molar-refractivity contribution >= 4 is 39.7 Å². The van der Waals surface area contributed by atoms with Crippen LogP contribution in [-0.2, 0) is 17.0 Å². The van der Waals surface area contributed by atoms with E-state index >= 15 is 0 Å². The number of para-hydroxylation sites is 1. The number of hydrogen-bond donors (Lipinski definition) is 0. The molecular formula is C18H17N3O2S2. The van der Waals surface area contributed by atoms with Crippen LogP contribution < -0.4 is 10.5 Å². The van der Waals surface area contributed by atoms with Crippen molar-refractivity contribution in [3.8, 4) is 0 Å². The van der Waals surface area contributed by atoms with Crippen LogP contribution in [0.1, 0.15) is 18.2 Å². The SMILES string of the molecule is C[C@@H]1Cc2ccccc2N1C(=O)CSCc1cc(=O)n2ccsc2n1. The fourth-order valence-corrected chi connectivity index (χ4v) is 4.73. The molecule has 0 aliphatic carbocycles. The smallest absolute Gasteiger partial charge is 0.258 e. The Kier molecular flexibility index (Phi) is 4.35. The van der Waals surface area contributed by atoms with Crippen LogP contribution in [0.5, 0.6) is 0 Å². The first-order valence-electron chi connectivity index (χ1n) is 8.07. The topological polar surface area (TPSA) is 54.7 Å². The number of carbonyl (C=O) groups excluding carboxylic acids is 1. The van der Waals surface area contributed by atoms with Gasteiger partial charge in [-0.1, -0.05) is 18.2 Å². The predicted molar refractivity (Wildman–Crippen MR) is 103 cm³/mol. The summed E-state index contributed by atoms with van der Waals surface area (Å²) in [6.45, 7) is 2.08. The molecule has 1 aliphatic rings. The summed E-state index contributed by atoms with van der Waals surface area (Å²) in [5.41, 5.74) is 2.90. The van der Waals surface area contributed by atoms with E-state index < -0.39 is 0 Å². The van der Waals surface area contributed by atoms with E-state index in [4.69, 9.17) is 0 Å². The van der Waals surface area contributed by atoms with E-state index in [2.05, 4.69) is 18.0 Å². The van der Waals surface area contributed by atoms with Gasteiger partial charge < -0.3 is 4.90 Å². The molecule has 1 aromatic carbocycles. The number of rotatable bonds is 4. The lowest BCUT2D eigenvalue weighted by atomic mass is 10.1. The summed E-state index contributed by atoms with van der Waals surface area (Å²) in [5, 5.41) is 1.84. The van der Waals surface area contributed by atoms with Gasteiger partial charge in [0.15, 0.2) is 4.96 Å². The van der Waals surface area contributed by atoms with Gasteiger partial charge in [-0.3, -0.25) is 14.0 Å². The molecule has 0 radical (unpaired) electrons. The van der Waals surface area contributed by atoms with Gasteiger partial charge in [0.2, 0.25) is 5.91 Å². The molecule has 3 aromatic rings. The molecule has 1 aliphatic heterocycles. The van der Waals surface area contributed by atoms with Crippen molar-refractivity contribution in [2.45, 2.75) is 25.1 Å². The van der Waals surface area contributed by atoms with E-state index in [-0.39, 0.29) is 17.5 Å². The highest BCUT2D eigenvalue weighted by atomic mass is 32.2. The van der Waals surface area contributed by atoms with Crippen LogP contribution in [0.4, 0.5) is 5.69 Å². The number of nitrogens with zero attached hydrogens (tertiary/aromatic N) is 3. The van der Waals surface area contributed by atoms with Crippen LogP contribution >= 0.6 is 23.1 Å². The number of anilines is 1. The summed E-state index contributed by atoms with van der Waals surface area (Å²) < 4.78 is 1.53. The molecule has 128 valence electrons. The predicted octanol–water partition coefficient (Wildman–Crippen LogP) is 2.97. The van der Waals surface area contributed by atoms with Gasteiger partial charge in [-0.05, 0) is 25.0 Å². The molecule has 4 rings (SSSR count). The summed E-state index contributed by atoms with van der Waals surface area (Å²) in [6, 6.07) is 9.81. The largest absolute Gasteiger partial charge is 0.308 e. The van der Waals surface area contributed by atoms with Gasteiger partial charge >= 0.3 is 0 Å². The molecule has 0 saturated carbocycles. The van der Waals surface area contributed by atoms with E-state index in [9.17, 15) is 9.59 Å². The molecule has 0 unspecified atom stereocenters. The molecule has 25 heavy (non-hydrogen) atoms. The van der Waals surface area contributed by atoms with Crippen molar-refractivity contribution in [3.05, 3.63) is 63.5 Å². The molecule has 2 aromatic heterocycles. The second-order valence-electron chi connectivity index (χ2n) is 6.08. The third kappa shape index (κ3) is 3.09. The first-order valence-corrected chi connectivity index (χ1v) is 10.1. The number of thioether (sulfide) groups is 1. The Balaban J connectivity index is 1.43. The normalized spacial score (nSPS) is 16.4. The molecule has 0 bridgehead atoms. The molecule has 0 fully saturated rings. The zero-order valence-corrected chi connectivity index (χ0v) is 15.3. The van der Waals surface area contributed by atoms with Crippen LogP contribution in [0, 0.1) is 0 Å². The lowest BCUT2D eigenvalue weighted by Gasteiger charge is -2.22. The minimum Gasteiger partial charge on any atom is -0.308 e. The molecule has 0 saturated heterocycles. The average molecular weight is 371 g/mol. The van der Waals surface area contributed by atoms with Gasteiger partial charge in [0.1, 0.15) is 0 Å². The molecular weight excluding hydrogens is 354 g/mol. The van der Waals surface area contributed by atoms with Gasteiger partial charge in [0.25, 0.3) is 5.56 Å². The number of carbonyl (C=O) groups is 1. The maximum atomic E-state index is 12.7. The fraction of sp³-hybridized carbons (Fsp3) is 0.278. The van der Waals surface area contributed by atoms with Crippen molar-refractivity contribution in [2.75, 3.05) is 10.7 Å². The molecule has 7 heteroatoms. The maximum absolute atomic E-state index is 12.7. The highest BCUT2D eigenvalue weighted by Gasteiger charge is 2.30. The minimum absolute atomic E-state index is 0.0738. The Labute approximate surface area is 153 Å². The zero-order chi connectivity index (χ0) is 17.4. The summed E-state index contributed by atoms with van der Waals surface area (Å²) in [7, 11) is 0. The Morgan fingerprint density at radius 2 is 2.24 bits per heavy atom. The van der Waals surface area contributed by atoms with Crippen molar-refractivity contribution in [3.63, 3.8) is 0 Å².